The summed E-state index contributed by atoms with van der Waals surface area (Å²) in [6, 6.07) is 4.54. The predicted molar refractivity (Wildman–Crippen MR) is 82.2 cm³/mol. The largest absolute Gasteiger partial charge is 0.398 e. The van der Waals surface area contributed by atoms with Gasteiger partial charge < -0.3 is 5.73 Å². The Morgan fingerprint density at radius 2 is 1.95 bits per heavy atom. The number of benzene rings is 1. The van der Waals surface area contributed by atoms with Crippen molar-refractivity contribution in [1.82, 2.24) is 4.31 Å². The molecule has 2 atom stereocenters. The van der Waals surface area contributed by atoms with Crippen LogP contribution in [0.3, 0.4) is 0 Å². The topological polar surface area (TPSA) is 63.4 Å². The molecule has 1 aromatic rings. The summed E-state index contributed by atoms with van der Waals surface area (Å²) in [4.78, 5) is 0.206. The van der Waals surface area contributed by atoms with Gasteiger partial charge in [-0.1, -0.05) is 31.4 Å². The zero-order chi connectivity index (χ0) is 14.9. The van der Waals surface area contributed by atoms with E-state index in [0.717, 1.165) is 19.3 Å². The third-order valence-corrected chi connectivity index (χ3v) is 6.39. The van der Waals surface area contributed by atoms with Crippen LogP contribution in [0.4, 0.5) is 5.69 Å². The van der Waals surface area contributed by atoms with Gasteiger partial charge in [0, 0.05) is 13.1 Å². The molecule has 6 heteroatoms. The molecule has 0 saturated heterocycles. The lowest BCUT2D eigenvalue weighted by molar-refractivity contribution is 0.213. The summed E-state index contributed by atoms with van der Waals surface area (Å²) in [5.41, 5.74) is 6.02. The molecule has 0 heterocycles. The standard InChI is InChI=1S/C14H21ClN2O2S/c1-10-5-3-4-6-14(10)17(2)20(18,19)11-7-8-13(16)12(15)9-11/h7-10,14H,3-6,16H2,1-2H3. The zero-order valence-corrected chi connectivity index (χ0v) is 13.4. The first kappa shape index (κ1) is 15.6. The summed E-state index contributed by atoms with van der Waals surface area (Å²) >= 11 is 5.93. The van der Waals surface area contributed by atoms with Crippen LogP contribution in [-0.4, -0.2) is 25.8 Å². The highest BCUT2D eigenvalue weighted by atomic mass is 35.5. The molecule has 1 aliphatic rings. The van der Waals surface area contributed by atoms with Crippen LogP contribution in [0.2, 0.25) is 5.02 Å². The normalized spacial score (nSPS) is 24.0. The maximum absolute atomic E-state index is 12.7. The maximum atomic E-state index is 12.7. The maximum Gasteiger partial charge on any atom is 0.243 e. The number of nitrogens with two attached hydrogens (primary N) is 1. The Bertz CT molecular complexity index is 589. The summed E-state index contributed by atoms with van der Waals surface area (Å²) in [6.45, 7) is 2.12. The second kappa shape index (κ2) is 5.92. The minimum atomic E-state index is -3.52. The van der Waals surface area contributed by atoms with Crippen LogP contribution in [0, 0.1) is 5.92 Å². The molecule has 0 aromatic heterocycles. The van der Waals surface area contributed by atoms with E-state index in [1.807, 2.05) is 0 Å². The summed E-state index contributed by atoms with van der Waals surface area (Å²) in [7, 11) is -1.86. The second-order valence-electron chi connectivity index (χ2n) is 5.53. The van der Waals surface area contributed by atoms with Crippen molar-refractivity contribution < 1.29 is 8.42 Å². The number of anilines is 1. The lowest BCUT2D eigenvalue weighted by Gasteiger charge is -2.35. The molecule has 1 aliphatic carbocycles. The molecule has 0 spiro atoms. The number of nitrogen functional groups attached to an aromatic ring is 1. The van der Waals surface area contributed by atoms with Crippen LogP contribution >= 0.6 is 11.6 Å². The van der Waals surface area contributed by atoms with Gasteiger partial charge in [-0.2, -0.15) is 4.31 Å². The van der Waals surface area contributed by atoms with Crippen molar-refractivity contribution in [2.24, 2.45) is 5.92 Å². The van der Waals surface area contributed by atoms with Gasteiger partial charge in [0.1, 0.15) is 0 Å². The minimum Gasteiger partial charge on any atom is -0.398 e. The molecule has 1 fully saturated rings. The quantitative estimate of drug-likeness (QED) is 0.871. The number of sulfonamides is 1. The Kier molecular flexibility index (Phi) is 4.62. The number of rotatable bonds is 3. The van der Waals surface area contributed by atoms with Gasteiger partial charge in [0.15, 0.2) is 0 Å². The van der Waals surface area contributed by atoms with E-state index in [9.17, 15) is 8.42 Å². The number of hydrogen-bond donors (Lipinski definition) is 1. The molecule has 2 N–H and O–H groups in total. The van der Waals surface area contributed by atoms with E-state index >= 15 is 0 Å². The van der Waals surface area contributed by atoms with Crippen molar-refractivity contribution >= 4 is 27.3 Å². The van der Waals surface area contributed by atoms with Gasteiger partial charge in [0.25, 0.3) is 0 Å². The Balaban J connectivity index is 2.31. The van der Waals surface area contributed by atoms with Gasteiger partial charge >= 0.3 is 0 Å². The van der Waals surface area contributed by atoms with E-state index in [2.05, 4.69) is 6.92 Å². The zero-order valence-electron chi connectivity index (χ0n) is 11.8. The molecule has 0 amide bonds. The van der Waals surface area contributed by atoms with E-state index in [1.165, 1.54) is 28.9 Å². The van der Waals surface area contributed by atoms with Crippen LogP contribution in [-0.2, 0) is 10.0 Å². The van der Waals surface area contributed by atoms with Crippen LogP contribution < -0.4 is 5.73 Å². The lowest BCUT2D eigenvalue weighted by atomic mass is 9.86. The van der Waals surface area contributed by atoms with Crippen molar-refractivity contribution in [3.63, 3.8) is 0 Å². The third-order valence-electron chi connectivity index (χ3n) is 4.18. The molecule has 0 radical (unpaired) electrons. The smallest absolute Gasteiger partial charge is 0.243 e. The summed E-state index contributed by atoms with van der Waals surface area (Å²) in [5.74, 6) is 0.382. The van der Waals surface area contributed by atoms with Crippen molar-refractivity contribution in [3.8, 4) is 0 Å². The Morgan fingerprint density at radius 1 is 1.30 bits per heavy atom. The molecule has 2 rings (SSSR count). The molecule has 2 unspecified atom stereocenters. The molecule has 4 nitrogen and oxygen atoms in total. The summed E-state index contributed by atoms with van der Waals surface area (Å²) < 4.78 is 26.8. The first-order valence-electron chi connectivity index (χ1n) is 6.87. The van der Waals surface area contributed by atoms with Gasteiger partial charge in [-0.25, -0.2) is 8.42 Å². The Hall–Kier alpha value is -0.780. The van der Waals surface area contributed by atoms with Crippen LogP contribution in [0.25, 0.3) is 0 Å². The van der Waals surface area contributed by atoms with Gasteiger partial charge in [0.05, 0.1) is 15.6 Å². The average Bonchev–Trinajstić information content (AvgIpc) is 2.41. The van der Waals surface area contributed by atoms with Crippen molar-refractivity contribution in [1.29, 1.82) is 0 Å². The van der Waals surface area contributed by atoms with Crippen LogP contribution in [0.15, 0.2) is 23.1 Å². The van der Waals surface area contributed by atoms with Gasteiger partial charge in [-0.05, 0) is 37.0 Å². The molecule has 1 saturated carbocycles. The molecular formula is C14H21ClN2O2S. The summed E-state index contributed by atoms with van der Waals surface area (Å²) in [5, 5.41) is 0.274. The first-order chi connectivity index (χ1) is 9.34. The van der Waals surface area contributed by atoms with Gasteiger partial charge in [-0.3, -0.25) is 0 Å². The lowest BCUT2D eigenvalue weighted by Crippen LogP contribution is -2.42. The summed E-state index contributed by atoms with van der Waals surface area (Å²) in [6.07, 6.45) is 4.25. The van der Waals surface area contributed by atoms with Gasteiger partial charge in [0.2, 0.25) is 10.0 Å². The molecule has 1 aromatic carbocycles. The Labute approximate surface area is 126 Å². The number of hydrogen-bond acceptors (Lipinski definition) is 3. The van der Waals surface area contributed by atoms with Crippen molar-refractivity contribution in [2.45, 2.75) is 43.5 Å². The van der Waals surface area contributed by atoms with E-state index in [-0.39, 0.29) is 16.0 Å². The highest BCUT2D eigenvalue weighted by molar-refractivity contribution is 7.89. The molecular weight excluding hydrogens is 296 g/mol. The van der Waals surface area contributed by atoms with Crippen LogP contribution in [0.5, 0.6) is 0 Å². The van der Waals surface area contributed by atoms with E-state index in [1.54, 1.807) is 7.05 Å². The van der Waals surface area contributed by atoms with E-state index in [0.29, 0.717) is 11.6 Å². The van der Waals surface area contributed by atoms with Gasteiger partial charge in [-0.15, -0.1) is 0 Å². The molecule has 0 aliphatic heterocycles. The number of nitrogens with zero attached hydrogens (tertiary/aromatic N) is 1. The van der Waals surface area contributed by atoms with Crippen molar-refractivity contribution in [2.75, 3.05) is 12.8 Å². The first-order valence-corrected chi connectivity index (χ1v) is 8.69. The minimum absolute atomic E-state index is 0.0603. The highest BCUT2D eigenvalue weighted by Crippen LogP contribution is 2.32. The predicted octanol–water partition coefficient (Wildman–Crippen LogP) is 3.12. The highest BCUT2D eigenvalue weighted by Gasteiger charge is 2.33. The molecule has 112 valence electrons. The third kappa shape index (κ3) is 2.95. The Morgan fingerprint density at radius 3 is 2.55 bits per heavy atom. The van der Waals surface area contributed by atoms with E-state index in [4.69, 9.17) is 17.3 Å². The fraction of sp³-hybridized carbons (Fsp3) is 0.571. The number of halogens is 1. The second-order valence-corrected chi connectivity index (χ2v) is 7.94. The molecule has 0 bridgehead atoms. The van der Waals surface area contributed by atoms with E-state index < -0.39 is 10.0 Å². The van der Waals surface area contributed by atoms with Crippen LogP contribution in [0.1, 0.15) is 32.6 Å². The fourth-order valence-corrected chi connectivity index (χ4v) is 4.60. The monoisotopic (exact) mass is 316 g/mol. The van der Waals surface area contributed by atoms with Crippen molar-refractivity contribution in [3.05, 3.63) is 23.2 Å². The fourth-order valence-electron chi connectivity index (χ4n) is 2.85. The average molecular weight is 317 g/mol. The molecule has 20 heavy (non-hydrogen) atoms. The SMILES string of the molecule is CC1CCCCC1N(C)S(=O)(=O)c1ccc(N)c(Cl)c1.